The van der Waals surface area contributed by atoms with Crippen molar-refractivity contribution < 1.29 is 14.1 Å². The molecular formula is C21H20N4O3. The topological polar surface area (TPSA) is 87.5 Å². The van der Waals surface area contributed by atoms with E-state index < -0.39 is 11.9 Å². The summed E-state index contributed by atoms with van der Waals surface area (Å²) in [6.07, 6.45) is 0.545. The minimum absolute atomic E-state index is 0.156. The summed E-state index contributed by atoms with van der Waals surface area (Å²) in [7, 11) is 1.88. The van der Waals surface area contributed by atoms with Crippen molar-refractivity contribution in [3.05, 3.63) is 77.7 Å². The predicted octanol–water partition coefficient (Wildman–Crippen LogP) is 2.45. The molecule has 0 saturated heterocycles. The number of amides is 2. The number of anilines is 2. The molecule has 3 aromatic rings. The van der Waals surface area contributed by atoms with Gasteiger partial charge in [-0.1, -0.05) is 47.6 Å². The summed E-state index contributed by atoms with van der Waals surface area (Å²) in [5, 5.41) is 9.46. The monoisotopic (exact) mass is 376 g/mol. The predicted molar refractivity (Wildman–Crippen MR) is 105 cm³/mol. The van der Waals surface area contributed by atoms with Gasteiger partial charge in [0.15, 0.2) is 5.69 Å². The van der Waals surface area contributed by atoms with Crippen molar-refractivity contribution >= 4 is 23.2 Å². The molecule has 0 fully saturated rings. The maximum atomic E-state index is 12.6. The van der Waals surface area contributed by atoms with Crippen LogP contribution in [0.25, 0.3) is 0 Å². The SMILES string of the molecule is CN1C[C@H](NC(=O)c2cc(Cc3ccccc3)on2)C(=O)Nc2ccccc21. The van der Waals surface area contributed by atoms with Crippen LogP contribution in [0.4, 0.5) is 11.4 Å². The molecule has 2 N–H and O–H groups in total. The summed E-state index contributed by atoms with van der Waals surface area (Å²) in [5.41, 5.74) is 2.84. The van der Waals surface area contributed by atoms with Crippen molar-refractivity contribution in [2.45, 2.75) is 12.5 Å². The molecule has 0 spiro atoms. The minimum atomic E-state index is -0.709. The molecule has 2 amide bonds. The molecule has 1 aliphatic heterocycles. The van der Waals surface area contributed by atoms with Crippen LogP contribution in [0.5, 0.6) is 0 Å². The number of benzene rings is 2. The third-order valence-electron chi connectivity index (χ3n) is 4.66. The van der Waals surface area contributed by atoms with Gasteiger partial charge < -0.3 is 20.1 Å². The van der Waals surface area contributed by atoms with E-state index >= 15 is 0 Å². The Hall–Kier alpha value is -3.61. The fourth-order valence-corrected chi connectivity index (χ4v) is 3.23. The third kappa shape index (κ3) is 3.73. The summed E-state index contributed by atoms with van der Waals surface area (Å²) < 4.78 is 5.28. The first-order chi connectivity index (χ1) is 13.6. The fraction of sp³-hybridized carbons (Fsp3) is 0.190. The van der Waals surface area contributed by atoms with E-state index in [-0.39, 0.29) is 11.6 Å². The van der Waals surface area contributed by atoms with Crippen LogP contribution in [0.2, 0.25) is 0 Å². The average molecular weight is 376 g/mol. The highest BCUT2D eigenvalue weighted by Crippen LogP contribution is 2.27. The van der Waals surface area contributed by atoms with E-state index in [0.29, 0.717) is 18.7 Å². The molecule has 2 aromatic carbocycles. The summed E-state index contributed by atoms with van der Waals surface area (Å²) in [6, 6.07) is 18.2. The van der Waals surface area contributed by atoms with E-state index in [9.17, 15) is 9.59 Å². The van der Waals surface area contributed by atoms with Gasteiger partial charge >= 0.3 is 0 Å². The number of nitrogens with zero attached hydrogens (tertiary/aromatic N) is 2. The number of carbonyl (C=O) groups is 2. The highest BCUT2D eigenvalue weighted by Gasteiger charge is 2.28. The van der Waals surface area contributed by atoms with Gasteiger partial charge in [-0.3, -0.25) is 9.59 Å². The van der Waals surface area contributed by atoms with Crippen molar-refractivity contribution in [1.29, 1.82) is 0 Å². The van der Waals surface area contributed by atoms with Crippen LogP contribution in [0.3, 0.4) is 0 Å². The molecule has 0 aliphatic carbocycles. The molecule has 0 bridgehead atoms. The second kappa shape index (κ2) is 7.56. The quantitative estimate of drug-likeness (QED) is 0.730. The molecule has 2 heterocycles. The average Bonchev–Trinajstić information content (AvgIpc) is 3.12. The van der Waals surface area contributed by atoms with E-state index in [2.05, 4.69) is 15.8 Å². The number of para-hydroxylation sites is 2. The zero-order valence-electron chi connectivity index (χ0n) is 15.4. The number of hydrogen-bond donors (Lipinski definition) is 2. The van der Waals surface area contributed by atoms with Crippen LogP contribution in [-0.4, -0.2) is 36.6 Å². The van der Waals surface area contributed by atoms with Gasteiger partial charge in [-0.25, -0.2) is 0 Å². The molecule has 142 valence electrons. The summed E-state index contributed by atoms with van der Waals surface area (Å²) in [4.78, 5) is 27.1. The lowest BCUT2D eigenvalue weighted by Gasteiger charge is -2.21. The Morgan fingerprint density at radius 2 is 1.96 bits per heavy atom. The van der Waals surface area contributed by atoms with E-state index in [4.69, 9.17) is 4.52 Å². The molecule has 28 heavy (non-hydrogen) atoms. The molecule has 1 atom stereocenters. The normalized spacial score (nSPS) is 16.1. The molecular weight excluding hydrogens is 356 g/mol. The molecule has 1 aromatic heterocycles. The Labute approximate surface area is 162 Å². The molecule has 4 rings (SSSR count). The van der Waals surface area contributed by atoms with Gasteiger partial charge in [-0.05, 0) is 17.7 Å². The van der Waals surface area contributed by atoms with Gasteiger partial charge in [-0.2, -0.15) is 0 Å². The number of nitrogens with one attached hydrogen (secondary N) is 2. The Morgan fingerprint density at radius 1 is 1.21 bits per heavy atom. The van der Waals surface area contributed by atoms with Crippen molar-refractivity contribution in [2.75, 3.05) is 23.8 Å². The zero-order valence-corrected chi connectivity index (χ0v) is 15.4. The lowest BCUT2D eigenvalue weighted by atomic mass is 10.1. The first kappa shape index (κ1) is 17.8. The fourth-order valence-electron chi connectivity index (χ4n) is 3.23. The maximum Gasteiger partial charge on any atom is 0.274 e. The lowest BCUT2D eigenvalue weighted by Crippen LogP contribution is -2.48. The number of fused-ring (bicyclic) bond motifs is 1. The Balaban J connectivity index is 1.44. The number of aromatic nitrogens is 1. The van der Waals surface area contributed by atoms with Crippen LogP contribution < -0.4 is 15.5 Å². The molecule has 7 heteroatoms. The van der Waals surface area contributed by atoms with Gasteiger partial charge in [0.1, 0.15) is 11.8 Å². The first-order valence-corrected chi connectivity index (χ1v) is 9.01. The first-order valence-electron chi connectivity index (χ1n) is 9.01. The number of hydrogen-bond acceptors (Lipinski definition) is 5. The van der Waals surface area contributed by atoms with Crippen LogP contribution in [0, 0.1) is 0 Å². The number of carbonyl (C=O) groups excluding carboxylic acids is 2. The molecule has 0 unspecified atom stereocenters. The summed E-state index contributed by atoms with van der Waals surface area (Å²) in [6.45, 7) is 0.351. The lowest BCUT2D eigenvalue weighted by molar-refractivity contribution is -0.117. The standard InChI is InChI=1S/C21H20N4O3/c1-25-13-18(21(27)22-16-9-5-6-10-19(16)25)23-20(26)17-12-15(28-24-17)11-14-7-3-2-4-8-14/h2-10,12,18H,11,13H2,1H3,(H,22,27)(H,23,26)/t18-/m0/s1. The summed E-state index contributed by atoms with van der Waals surface area (Å²) in [5.74, 6) is -0.119. The largest absolute Gasteiger partial charge is 0.370 e. The highest BCUT2D eigenvalue weighted by molar-refractivity contribution is 6.03. The zero-order chi connectivity index (χ0) is 19.5. The van der Waals surface area contributed by atoms with Crippen molar-refractivity contribution in [3.8, 4) is 0 Å². The van der Waals surface area contributed by atoms with Gasteiger partial charge in [0.05, 0.1) is 11.4 Å². The molecule has 1 aliphatic rings. The van der Waals surface area contributed by atoms with Gasteiger partial charge in [0.2, 0.25) is 5.91 Å². The Kier molecular flexibility index (Phi) is 4.80. The molecule has 7 nitrogen and oxygen atoms in total. The second-order valence-corrected chi connectivity index (χ2v) is 6.75. The van der Waals surface area contributed by atoms with Crippen LogP contribution in [0.1, 0.15) is 21.8 Å². The molecule has 0 radical (unpaired) electrons. The van der Waals surface area contributed by atoms with Crippen molar-refractivity contribution in [3.63, 3.8) is 0 Å². The van der Waals surface area contributed by atoms with Crippen molar-refractivity contribution in [2.24, 2.45) is 0 Å². The van der Waals surface area contributed by atoms with Crippen LogP contribution in [0.15, 0.2) is 65.2 Å². The van der Waals surface area contributed by atoms with E-state index in [1.54, 1.807) is 6.07 Å². The van der Waals surface area contributed by atoms with E-state index in [0.717, 1.165) is 16.9 Å². The Morgan fingerprint density at radius 3 is 2.79 bits per heavy atom. The van der Waals surface area contributed by atoms with E-state index in [1.807, 2.05) is 66.5 Å². The number of rotatable bonds is 4. The minimum Gasteiger partial charge on any atom is -0.370 e. The summed E-state index contributed by atoms with van der Waals surface area (Å²) >= 11 is 0. The smallest absolute Gasteiger partial charge is 0.274 e. The van der Waals surface area contributed by atoms with Crippen LogP contribution >= 0.6 is 0 Å². The van der Waals surface area contributed by atoms with Gasteiger partial charge in [0, 0.05) is 26.1 Å². The Bertz CT molecular complexity index is 1000. The molecule has 0 saturated carbocycles. The highest BCUT2D eigenvalue weighted by atomic mass is 16.5. The van der Waals surface area contributed by atoms with Gasteiger partial charge in [0.25, 0.3) is 5.91 Å². The third-order valence-corrected chi connectivity index (χ3v) is 4.66. The maximum absolute atomic E-state index is 12.6. The number of likely N-dealkylation sites (N-methyl/N-ethyl adjacent to an activating group) is 1. The van der Waals surface area contributed by atoms with Crippen molar-refractivity contribution in [1.82, 2.24) is 10.5 Å². The second-order valence-electron chi connectivity index (χ2n) is 6.75. The van der Waals surface area contributed by atoms with Crippen LogP contribution in [-0.2, 0) is 11.2 Å². The van der Waals surface area contributed by atoms with Gasteiger partial charge in [-0.15, -0.1) is 0 Å². The van der Waals surface area contributed by atoms with E-state index in [1.165, 1.54) is 0 Å².